The molecule has 5 heterocycles. The summed E-state index contributed by atoms with van der Waals surface area (Å²) in [6.07, 6.45) is 6.08. The molecule has 0 atom stereocenters. The van der Waals surface area contributed by atoms with Gasteiger partial charge in [0.05, 0.1) is 10.6 Å². The number of hydrogen-bond donors (Lipinski definition) is 3. The van der Waals surface area contributed by atoms with Gasteiger partial charge in [-0.3, -0.25) is 23.7 Å². The van der Waals surface area contributed by atoms with Crippen molar-refractivity contribution < 1.29 is 23.9 Å². The molecule has 3 fully saturated rings. The fraction of sp³-hybridized carbons (Fsp3) is 0.567. The number of nitrogens with zero attached hydrogens (tertiary/aromatic N) is 4. The first-order valence-electron chi connectivity index (χ1n) is 15.0. The molecule has 0 unspecified atom stereocenters. The number of benzene rings is 1. The standard InChI is InChI=1S/C30H36ClFN6O5/c31-20-7-5-6-19(21(20)32)16-33-24(40)22-23(39)26(42)38-18-29(17-36-12-1-2-13-36)8-10-30(11-9-29,28(38)34-22)35-25(41)27(43)37-14-3-4-15-37/h5-7,39H,1-4,8-18H2,(H,33,40)(H,35,41). The number of halogens is 2. The molecule has 43 heavy (non-hydrogen) atoms. The van der Waals surface area contributed by atoms with E-state index in [9.17, 15) is 28.7 Å². The highest BCUT2D eigenvalue weighted by molar-refractivity contribution is 6.35. The average molecular weight is 615 g/mol. The van der Waals surface area contributed by atoms with E-state index in [1.54, 1.807) is 6.07 Å². The zero-order valence-corrected chi connectivity index (χ0v) is 24.7. The second kappa shape index (κ2) is 11.5. The van der Waals surface area contributed by atoms with Gasteiger partial charge >= 0.3 is 11.8 Å². The zero-order chi connectivity index (χ0) is 30.4. The lowest BCUT2D eigenvalue weighted by molar-refractivity contribution is -0.146. The maximum absolute atomic E-state index is 14.4. The summed E-state index contributed by atoms with van der Waals surface area (Å²) >= 11 is 5.86. The van der Waals surface area contributed by atoms with Gasteiger partial charge in [0.2, 0.25) is 5.75 Å². The summed E-state index contributed by atoms with van der Waals surface area (Å²) in [7, 11) is 0. The van der Waals surface area contributed by atoms with Crippen LogP contribution in [0.4, 0.5) is 4.39 Å². The molecule has 230 valence electrons. The van der Waals surface area contributed by atoms with Crippen molar-refractivity contribution in [3.63, 3.8) is 0 Å². The number of aromatic hydroxyl groups is 1. The van der Waals surface area contributed by atoms with Gasteiger partial charge in [-0.25, -0.2) is 9.37 Å². The van der Waals surface area contributed by atoms with Gasteiger partial charge in [-0.2, -0.15) is 0 Å². The van der Waals surface area contributed by atoms with Gasteiger partial charge in [-0.05, 0) is 70.5 Å². The number of hydrogen-bond acceptors (Lipinski definition) is 7. The van der Waals surface area contributed by atoms with Crippen molar-refractivity contribution in [2.24, 2.45) is 5.41 Å². The van der Waals surface area contributed by atoms with E-state index in [1.165, 1.54) is 21.6 Å². The molecule has 3 amide bonds. The van der Waals surface area contributed by atoms with E-state index in [0.29, 0.717) is 38.8 Å². The molecule has 1 aromatic carbocycles. The number of likely N-dealkylation sites (tertiary alicyclic amines) is 2. The predicted molar refractivity (Wildman–Crippen MR) is 155 cm³/mol. The summed E-state index contributed by atoms with van der Waals surface area (Å²) in [5.41, 5.74) is -2.66. The van der Waals surface area contributed by atoms with Crippen LogP contribution < -0.4 is 16.2 Å². The van der Waals surface area contributed by atoms with Gasteiger partial charge in [0, 0.05) is 43.7 Å². The van der Waals surface area contributed by atoms with Crippen LogP contribution in [0, 0.1) is 11.2 Å². The Morgan fingerprint density at radius 3 is 2.40 bits per heavy atom. The third kappa shape index (κ3) is 5.50. The number of nitrogens with one attached hydrogen (secondary N) is 2. The molecule has 0 spiro atoms. The summed E-state index contributed by atoms with van der Waals surface area (Å²) < 4.78 is 15.8. The minimum absolute atomic E-state index is 0.101. The van der Waals surface area contributed by atoms with Crippen LogP contribution in [0.2, 0.25) is 5.02 Å². The average Bonchev–Trinajstić information content (AvgIpc) is 3.68. The Hall–Kier alpha value is -3.51. The lowest BCUT2D eigenvalue weighted by atomic mass is 9.68. The molecule has 0 radical (unpaired) electrons. The molecule has 1 aliphatic carbocycles. The Morgan fingerprint density at radius 1 is 1.02 bits per heavy atom. The molecular formula is C30H36ClFN6O5. The normalized spacial score (nSPS) is 24.9. The van der Waals surface area contributed by atoms with E-state index < -0.39 is 46.1 Å². The Labute approximate surface area is 253 Å². The topological polar surface area (TPSA) is 137 Å². The van der Waals surface area contributed by atoms with Crippen molar-refractivity contribution in [1.29, 1.82) is 0 Å². The van der Waals surface area contributed by atoms with Crippen molar-refractivity contribution in [3.8, 4) is 5.75 Å². The Bertz CT molecular complexity index is 1510. The predicted octanol–water partition coefficient (Wildman–Crippen LogP) is 2.28. The maximum atomic E-state index is 14.4. The molecule has 2 aromatic rings. The molecule has 4 aliphatic heterocycles. The number of fused-ring (bicyclic) bond motifs is 2. The fourth-order valence-corrected chi connectivity index (χ4v) is 7.42. The number of amides is 3. The van der Waals surface area contributed by atoms with E-state index in [0.717, 1.165) is 45.3 Å². The van der Waals surface area contributed by atoms with E-state index in [4.69, 9.17) is 11.6 Å². The maximum Gasteiger partial charge on any atom is 0.311 e. The summed E-state index contributed by atoms with van der Waals surface area (Å²) in [6, 6.07) is 4.39. The van der Waals surface area contributed by atoms with Crippen LogP contribution >= 0.6 is 11.6 Å². The molecule has 1 aromatic heterocycles. The fourth-order valence-electron chi connectivity index (χ4n) is 7.22. The molecule has 7 rings (SSSR count). The van der Waals surface area contributed by atoms with Gasteiger partial charge in [-0.15, -0.1) is 0 Å². The van der Waals surface area contributed by atoms with Crippen LogP contribution in [0.25, 0.3) is 0 Å². The van der Waals surface area contributed by atoms with Gasteiger partial charge in [0.1, 0.15) is 11.6 Å². The van der Waals surface area contributed by atoms with Crippen molar-refractivity contribution >= 4 is 29.3 Å². The summed E-state index contributed by atoms with van der Waals surface area (Å²) in [5, 5.41) is 16.3. The number of carbonyl (C=O) groups excluding carboxylic acids is 3. The third-order valence-electron chi connectivity index (χ3n) is 9.62. The summed E-state index contributed by atoms with van der Waals surface area (Å²) in [5.74, 6) is -3.63. The van der Waals surface area contributed by atoms with E-state index in [1.807, 2.05) is 0 Å². The quantitative estimate of drug-likeness (QED) is 0.425. The van der Waals surface area contributed by atoms with Crippen LogP contribution in [-0.2, 0) is 28.2 Å². The lowest BCUT2D eigenvalue weighted by Crippen LogP contribution is -2.54. The number of aromatic nitrogens is 2. The summed E-state index contributed by atoms with van der Waals surface area (Å²) in [6.45, 7) is 3.76. The van der Waals surface area contributed by atoms with Crippen LogP contribution in [0.3, 0.4) is 0 Å². The summed E-state index contributed by atoms with van der Waals surface area (Å²) in [4.78, 5) is 61.8. The first-order valence-corrected chi connectivity index (χ1v) is 15.4. The Kier molecular flexibility index (Phi) is 7.93. The minimum Gasteiger partial charge on any atom is -0.501 e. The molecule has 1 saturated carbocycles. The second-order valence-electron chi connectivity index (χ2n) is 12.4. The minimum atomic E-state index is -1.18. The van der Waals surface area contributed by atoms with Crippen LogP contribution in [0.5, 0.6) is 5.75 Å². The number of rotatable bonds is 6. The second-order valence-corrected chi connectivity index (χ2v) is 12.8. The third-order valence-corrected chi connectivity index (χ3v) is 9.91. The molecule has 13 heteroatoms. The van der Waals surface area contributed by atoms with Crippen LogP contribution in [0.1, 0.15) is 73.2 Å². The smallest absolute Gasteiger partial charge is 0.311 e. The molecule has 2 bridgehead atoms. The first kappa shape index (κ1) is 29.6. The van der Waals surface area contributed by atoms with E-state index in [2.05, 4.69) is 20.5 Å². The van der Waals surface area contributed by atoms with Gasteiger partial charge in [0.25, 0.3) is 11.5 Å². The molecule has 11 nitrogen and oxygen atoms in total. The highest BCUT2D eigenvalue weighted by Gasteiger charge is 2.52. The van der Waals surface area contributed by atoms with Gasteiger partial charge < -0.3 is 25.5 Å². The molecule has 3 N–H and O–H groups in total. The van der Waals surface area contributed by atoms with E-state index >= 15 is 0 Å². The van der Waals surface area contributed by atoms with Gasteiger partial charge in [-0.1, -0.05) is 23.7 Å². The van der Waals surface area contributed by atoms with Crippen molar-refractivity contribution in [3.05, 3.63) is 56.5 Å². The monoisotopic (exact) mass is 614 g/mol. The van der Waals surface area contributed by atoms with Crippen molar-refractivity contribution in [2.75, 3.05) is 32.7 Å². The largest absolute Gasteiger partial charge is 0.501 e. The first-order chi connectivity index (χ1) is 20.6. The number of carbonyl (C=O) groups is 3. The highest BCUT2D eigenvalue weighted by atomic mass is 35.5. The molecular weight excluding hydrogens is 579 g/mol. The van der Waals surface area contributed by atoms with Crippen LogP contribution in [-0.4, -0.2) is 74.9 Å². The van der Waals surface area contributed by atoms with Crippen molar-refractivity contribution in [1.82, 2.24) is 30.0 Å². The highest BCUT2D eigenvalue weighted by Crippen LogP contribution is 2.50. The lowest BCUT2D eigenvalue weighted by Gasteiger charge is -2.43. The Morgan fingerprint density at radius 2 is 1.70 bits per heavy atom. The van der Waals surface area contributed by atoms with Crippen LogP contribution in [0.15, 0.2) is 23.0 Å². The van der Waals surface area contributed by atoms with E-state index in [-0.39, 0.29) is 34.9 Å². The van der Waals surface area contributed by atoms with Gasteiger partial charge in [0.15, 0.2) is 5.69 Å². The molecule has 2 saturated heterocycles. The SMILES string of the molecule is O=C(NC12CCC(CN3CCCC3)(CC1)Cn1c2nc(C(=O)NCc2cccc(Cl)c2F)c(O)c1=O)C(=O)N1CCCC1. The Balaban J connectivity index is 1.36. The zero-order valence-electron chi connectivity index (χ0n) is 24.0. The molecule has 5 aliphatic rings. The van der Waals surface area contributed by atoms with Crippen molar-refractivity contribution in [2.45, 2.75) is 70.0 Å².